The number of rotatable bonds is 8. The van der Waals surface area contributed by atoms with Crippen molar-refractivity contribution < 1.29 is 41.8 Å². The lowest BCUT2D eigenvalue weighted by molar-refractivity contribution is -0.142. The SMILES string of the molecule is CC[C@@H]1C[C@]1(NC(=O)[C@@H]1C[C@@H]2CN1C(=O)[C@H](C1CCCC1)NC(=O)O[C@@H]1CCC[C@H]1CCCCCn1c(nc3c(OC)cccc3c1=O)O2)C(=O)NS(=O)(=O)C1CC1. The summed E-state index contributed by atoms with van der Waals surface area (Å²) in [6.07, 6.45) is 9.00. The van der Waals surface area contributed by atoms with Gasteiger partial charge >= 0.3 is 6.09 Å². The van der Waals surface area contributed by atoms with Gasteiger partial charge in [0.1, 0.15) is 41.1 Å². The van der Waals surface area contributed by atoms with Gasteiger partial charge in [-0.3, -0.25) is 28.5 Å². The van der Waals surface area contributed by atoms with Gasteiger partial charge in [-0.1, -0.05) is 45.1 Å². The van der Waals surface area contributed by atoms with Crippen LogP contribution in [0.4, 0.5) is 4.79 Å². The molecule has 1 aromatic heterocycles. The molecule has 16 nitrogen and oxygen atoms in total. The van der Waals surface area contributed by atoms with Crippen molar-refractivity contribution in [2.24, 2.45) is 17.8 Å². The number of para-hydroxylation sites is 1. The monoisotopic (exact) mass is 824 g/mol. The Morgan fingerprint density at radius 2 is 1.71 bits per heavy atom. The highest BCUT2D eigenvalue weighted by atomic mass is 32.2. The Hall–Kier alpha value is -4.41. The van der Waals surface area contributed by atoms with E-state index in [9.17, 15) is 32.4 Å². The van der Waals surface area contributed by atoms with Gasteiger partial charge in [0.25, 0.3) is 17.5 Å². The van der Waals surface area contributed by atoms with Crippen molar-refractivity contribution in [3.8, 4) is 11.8 Å². The molecule has 316 valence electrons. The van der Waals surface area contributed by atoms with E-state index in [1.54, 1.807) is 18.2 Å². The Kier molecular flexibility index (Phi) is 11.4. The quantitative estimate of drug-likeness (QED) is 0.351. The summed E-state index contributed by atoms with van der Waals surface area (Å²) < 4.78 is 47.6. The third-order valence-corrected chi connectivity index (χ3v) is 15.3. The lowest BCUT2D eigenvalue weighted by atomic mass is 9.96. The average molecular weight is 825 g/mol. The smallest absolute Gasteiger partial charge is 0.408 e. The van der Waals surface area contributed by atoms with Crippen LogP contribution in [0.25, 0.3) is 10.9 Å². The number of hydrogen-bond acceptors (Lipinski definition) is 11. The zero-order valence-electron chi connectivity index (χ0n) is 33.4. The number of benzene rings is 1. The molecule has 6 aliphatic rings. The lowest BCUT2D eigenvalue weighted by Gasteiger charge is -2.32. The Labute approximate surface area is 338 Å². The maximum atomic E-state index is 14.9. The van der Waals surface area contributed by atoms with Gasteiger partial charge < -0.3 is 29.7 Å². The molecular formula is C41H56N6O10S. The summed E-state index contributed by atoms with van der Waals surface area (Å²) >= 11 is 0. The first kappa shape index (κ1) is 40.4. The van der Waals surface area contributed by atoms with Crippen molar-refractivity contribution in [3.63, 3.8) is 0 Å². The highest BCUT2D eigenvalue weighted by molar-refractivity contribution is 7.91. The fraction of sp³-hybridized carbons (Fsp3) is 0.707. The first-order chi connectivity index (χ1) is 27.9. The summed E-state index contributed by atoms with van der Waals surface area (Å²) in [5.41, 5.74) is -1.43. The van der Waals surface area contributed by atoms with Crippen molar-refractivity contribution in [3.05, 3.63) is 28.6 Å². The third-order valence-electron chi connectivity index (χ3n) is 13.5. The van der Waals surface area contributed by atoms with Gasteiger partial charge in [-0.15, -0.1) is 0 Å². The maximum absolute atomic E-state index is 14.9. The Balaban J connectivity index is 1.15. The number of aromatic nitrogens is 2. The minimum absolute atomic E-state index is 0.0160. The van der Waals surface area contributed by atoms with Crippen LogP contribution in [0.3, 0.4) is 0 Å². The number of alkyl carbamates (subject to hydrolysis) is 1. The van der Waals surface area contributed by atoms with E-state index >= 15 is 0 Å². The van der Waals surface area contributed by atoms with Crippen molar-refractivity contribution in [1.82, 2.24) is 29.8 Å². The van der Waals surface area contributed by atoms with E-state index in [0.717, 1.165) is 51.4 Å². The van der Waals surface area contributed by atoms with Crippen LogP contribution < -0.4 is 30.4 Å². The zero-order valence-corrected chi connectivity index (χ0v) is 34.2. The molecule has 3 N–H and O–H groups in total. The summed E-state index contributed by atoms with van der Waals surface area (Å²) in [5, 5.41) is 5.57. The number of nitrogens with one attached hydrogen (secondary N) is 3. The maximum Gasteiger partial charge on any atom is 0.408 e. The van der Waals surface area contributed by atoms with Gasteiger partial charge in [0.15, 0.2) is 0 Å². The molecule has 2 aliphatic heterocycles. The first-order valence-corrected chi connectivity index (χ1v) is 22.9. The van der Waals surface area contributed by atoms with E-state index < -0.39 is 62.8 Å². The van der Waals surface area contributed by atoms with Gasteiger partial charge in [0.05, 0.1) is 24.3 Å². The summed E-state index contributed by atoms with van der Waals surface area (Å²) in [4.78, 5) is 77.1. The number of fused-ring (bicyclic) bond motifs is 5. The number of sulfonamides is 1. The van der Waals surface area contributed by atoms with Gasteiger partial charge in [-0.05, 0) is 94.1 Å². The van der Waals surface area contributed by atoms with Crippen LogP contribution >= 0.6 is 0 Å². The van der Waals surface area contributed by atoms with Crippen molar-refractivity contribution in [2.75, 3.05) is 13.7 Å². The van der Waals surface area contributed by atoms with Crippen LogP contribution in [-0.4, -0.2) is 95.4 Å². The molecule has 4 saturated carbocycles. The summed E-state index contributed by atoms with van der Waals surface area (Å²) in [7, 11) is -2.39. The molecule has 7 atom stereocenters. The number of amides is 4. The molecule has 17 heteroatoms. The van der Waals surface area contributed by atoms with E-state index in [1.807, 2.05) is 6.92 Å². The predicted molar refractivity (Wildman–Crippen MR) is 211 cm³/mol. The molecule has 5 fully saturated rings. The molecule has 2 aromatic rings. The Morgan fingerprint density at radius 1 is 0.966 bits per heavy atom. The number of ether oxygens (including phenoxy) is 3. The van der Waals surface area contributed by atoms with Crippen LogP contribution in [0.5, 0.6) is 11.8 Å². The molecule has 4 amide bonds. The van der Waals surface area contributed by atoms with Crippen LogP contribution in [0, 0.1) is 17.8 Å². The number of methoxy groups -OCH3 is 1. The van der Waals surface area contributed by atoms with E-state index in [4.69, 9.17) is 19.2 Å². The van der Waals surface area contributed by atoms with Gasteiger partial charge in [-0.2, -0.15) is 4.98 Å². The van der Waals surface area contributed by atoms with Crippen LogP contribution in [0.15, 0.2) is 23.0 Å². The summed E-state index contributed by atoms with van der Waals surface area (Å²) in [5.74, 6) is -1.79. The topological polar surface area (TPSA) is 204 Å². The standard InChI is InChI=1S/C41H56N6O10S/c1-3-26-22-41(26,38(51)45-58(53,54)28-18-19-28)44-35(48)30-21-27-23-47(30)37(50)33(25-12-6-7-13-25)43-40(52)57-31-16-9-14-24(31)11-5-4-8-20-46-36(49)29-15-10-17-32(55-2)34(29)42-39(46)56-27/h10,15,17,24-28,30-31,33H,3-9,11-14,16,18-23H2,1-2H3,(H,43,52)(H,44,48)(H,45,51)/t24-,26-,27-,30+,31-,33+,41-/m1/s1. The van der Waals surface area contributed by atoms with Crippen molar-refractivity contribution in [2.45, 2.75) is 151 Å². The molecular weight excluding hydrogens is 769 g/mol. The fourth-order valence-electron chi connectivity index (χ4n) is 9.96. The molecule has 4 aliphatic carbocycles. The minimum Gasteiger partial charge on any atom is -0.494 e. The van der Waals surface area contributed by atoms with Crippen molar-refractivity contribution in [1.29, 1.82) is 0 Å². The molecule has 1 aromatic carbocycles. The third kappa shape index (κ3) is 7.99. The highest BCUT2D eigenvalue weighted by Gasteiger charge is 2.62. The number of nitrogens with zero attached hydrogens (tertiary/aromatic N) is 3. The number of hydrogen-bond donors (Lipinski definition) is 3. The molecule has 2 bridgehead atoms. The first-order valence-electron chi connectivity index (χ1n) is 21.3. The largest absolute Gasteiger partial charge is 0.494 e. The minimum atomic E-state index is -3.89. The molecule has 0 spiro atoms. The summed E-state index contributed by atoms with van der Waals surface area (Å²) in [6.45, 7) is 2.12. The molecule has 8 rings (SSSR count). The average Bonchev–Trinajstić information content (AvgIpc) is 3.99. The molecule has 58 heavy (non-hydrogen) atoms. The molecule has 1 saturated heterocycles. The van der Waals surface area contributed by atoms with Crippen LogP contribution in [0.2, 0.25) is 0 Å². The second kappa shape index (κ2) is 16.3. The van der Waals surface area contributed by atoms with E-state index in [2.05, 4.69) is 15.4 Å². The molecule has 0 radical (unpaired) electrons. The van der Waals surface area contributed by atoms with E-state index in [0.29, 0.717) is 61.7 Å². The van der Waals surface area contributed by atoms with Gasteiger partial charge in [-0.25, -0.2) is 13.2 Å². The Bertz CT molecular complexity index is 2100. The van der Waals surface area contributed by atoms with Crippen LogP contribution in [-0.2, 0) is 35.7 Å². The normalized spacial score (nSPS) is 30.9. The zero-order chi connectivity index (χ0) is 40.8. The predicted octanol–water partition coefficient (Wildman–Crippen LogP) is 3.67. The second-order valence-corrected chi connectivity index (χ2v) is 19.2. The van der Waals surface area contributed by atoms with Gasteiger partial charge in [0, 0.05) is 13.0 Å². The lowest BCUT2D eigenvalue weighted by Crippen LogP contribution is -2.59. The van der Waals surface area contributed by atoms with Gasteiger partial charge in [0.2, 0.25) is 21.8 Å². The molecule has 0 unspecified atom stereocenters. The van der Waals surface area contributed by atoms with Crippen molar-refractivity contribution >= 4 is 44.7 Å². The highest BCUT2D eigenvalue weighted by Crippen LogP contribution is 2.47. The fourth-order valence-corrected chi connectivity index (χ4v) is 11.3. The Morgan fingerprint density at radius 3 is 2.43 bits per heavy atom. The van der Waals surface area contributed by atoms with E-state index in [-0.39, 0.29) is 54.8 Å². The molecule has 3 heterocycles. The number of carbonyl (C=O) groups is 4. The number of carbonyl (C=O) groups excluding carboxylic acids is 4. The summed E-state index contributed by atoms with van der Waals surface area (Å²) in [6, 6.07) is 3.06. The second-order valence-electron chi connectivity index (χ2n) is 17.3. The van der Waals surface area contributed by atoms with Crippen LogP contribution in [0.1, 0.15) is 110 Å². The van der Waals surface area contributed by atoms with E-state index in [1.165, 1.54) is 16.6 Å².